The number of aromatic nitrogens is 2. The maximum Gasteiger partial charge on any atom is 0.333 e. The molecule has 0 atom stereocenters. The SMILES string of the molecule is COc1ccc(CN2CCCN(c3c([N+](=O)[O-])c(C)nn3C)CC2)cc1. The highest BCUT2D eigenvalue weighted by molar-refractivity contribution is 5.61. The summed E-state index contributed by atoms with van der Waals surface area (Å²) in [7, 11) is 3.44. The Labute approximate surface area is 153 Å². The van der Waals surface area contributed by atoms with Gasteiger partial charge in [0.25, 0.3) is 0 Å². The van der Waals surface area contributed by atoms with Gasteiger partial charge in [0.15, 0.2) is 0 Å². The largest absolute Gasteiger partial charge is 0.497 e. The number of nitrogens with zero attached hydrogens (tertiary/aromatic N) is 5. The fourth-order valence-corrected chi connectivity index (χ4v) is 3.53. The zero-order valence-electron chi connectivity index (χ0n) is 15.5. The smallest absolute Gasteiger partial charge is 0.333 e. The molecule has 1 fully saturated rings. The van der Waals surface area contributed by atoms with Crippen molar-refractivity contribution in [2.75, 3.05) is 38.2 Å². The van der Waals surface area contributed by atoms with Crippen LogP contribution in [0, 0.1) is 17.0 Å². The lowest BCUT2D eigenvalue weighted by atomic mass is 10.2. The van der Waals surface area contributed by atoms with Gasteiger partial charge in [0.1, 0.15) is 11.4 Å². The summed E-state index contributed by atoms with van der Waals surface area (Å²) in [6.45, 7) is 5.91. The van der Waals surface area contributed by atoms with Gasteiger partial charge >= 0.3 is 5.69 Å². The van der Waals surface area contributed by atoms with Gasteiger partial charge in [-0.2, -0.15) is 5.10 Å². The summed E-state index contributed by atoms with van der Waals surface area (Å²) in [5.74, 6) is 1.47. The van der Waals surface area contributed by atoms with Crippen LogP contribution in [0.15, 0.2) is 24.3 Å². The summed E-state index contributed by atoms with van der Waals surface area (Å²) in [6.07, 6.45) is 0.956. The minimum Gasteiger partial charge on any atom is -0.497 e. The van der Waals surface area contributed by atoms with Crippen molar-refractivity contribution in [3.8, 4) is 5.75 Å². The molecule has 0 amide bonds. The number of methoxy groups -OCH3 is 1. The number of hydrogen-bond donors (Lipinski definition) is 0. The molecule has 8 heteroatoms. The lowest BCUT2D eigenvalue weighted by Gasteiger charge is -2.23. The van der Waals surface area contributed by atoms with E-state index in [9.17, 15) is 10.1 Å². The standard InChI is InChI=1S/C18H25N5O3/c1-14-17(23(24)25)18(20(2)19-14)22-10-4-9-21(11-12-22)13-15-5-7-16(26-3)8-6-15/h5-8H,4,9-13H2,1-3H3. The first-order valence-corrected chi connectivity index (χ1v) is 8.78. The third-order valence-electron chi connectivity index (χ3n) is 4.80. The Balaban J connectivity index is 1.69. The topological polar surface area (TPSA) is 76.7 Å². The molecular weight excluding hydrogens is 334 g/mol. The van der Waals surface area contributed by atoms with Crippen LogP contribution < -0.4 is 9.64 Å². The molecule has 0 radical (unpaired) electrons. The lowest BCUT2D eigenvalue weighted by molar-refractivity contribution is -0.384. The van der Waals surface area contributed by atoms with Gasteiger partial charge in [-0.15, -0.1) is 0 Å². The first kappa shape index (κ1) is 18.2. The minimum absolute atomic E-state index is 0.121. The lowest BCUT2D eigenvalue weighted by Crippen LogP contribution is -2.31. The molecule has 2 aromatic rings. The fraction of sp³-hybridized carbons (Fsp3) is 0.500. The predicted octanol–water partition coefficient (Wildman–Crippen LogP) is 2.36. The highest BCUT2D eigenvalue weighted by Crippen LogP contribution is 2.31. The maximum absolute atomic E-state index is 11.4. The zero-order valence-corrected chi connectivity index (χ0v) is 15.5. The molecule has 1 aromatic heterocycles. The molecule has 140 valence electrons. The van der Waals surface area contributed by atoms with Gasteiger partial charge in [-0.3, -0.25) is 15.0 Å². The summed E-state index contributed by atoms with van der Waals surface area (Å²) in [4.78, 5) is 15.6. The van der Waals surface area contributed by atoms with Crippen LogP contribution in [-0.2, 0) is 13.6 Å². The van der Waals surface area contributed by atoms with Gasteiger partial charge < -0.3 is 9.64 Å². The average molecular weight is 359 g/mol. The van der Waals surface area contributed by atoms with Gasteiger partial charge in [-0.25, -0.2) is 4.68 Å². The normalized spacial score (nSPS) is 15.7. The van der Waals surface area contributed by atoms with Crippen LogP contribution in [0.3, 0.4) is 0 Å². The Morgan fingerprint density at radius 2 is 1.92 bits per heavy atom. The molecule has 26 heavy (non-hydrogen) atoms. The summed E-state index contributed by atoms with van der Waals surface area (Å²) >= 11 is 0. The van der Waals surface area contributed by atoms with E-state index in [1.807, 2.05) is 12.1 Å². The maximum atomic E-state index is 11.4. The molecule has 1 aromatic carbocycles. The van der Waals surface area contributed by atoms with E-state index < -0.39 is 0 Å². The molecule has 0 saturated carbocycles. The average Bonchev–Trinajstić information content (AvgIpc) is 2.78. The van der Waals surface area contributed by atoms with Crippen LogP contribution in [-0.4, -0.2) is 52.9 Å². The van der Waals surface area contributed by atoms with Crippen LogP contribution >= 0.6 is 0 Å². The van der Waals surface area contributed by atoms with E-state index in [1.165, 1.54) is 5.56 Å². The summed E-state index contributed by atoms with van der Waals surface area (Å²) in [5, 5.41) is 15.7. The van der Waals surface area contributed by atoms with Crippen molar-refractivity contribution in [3.05, 3.63) is 45.6 Å². The van der Waals surface area contributed by atoms with Crippen molar-refractivity contribution < 1.29 is 9.66 Å². The van der Waals surface area contributed by atoms with Gasteiger partial charge in [0.05, 0.1) is 12.0 Å². The Bertz CT molecular complexity index is 772. The Morgan fingerprint density at radius 1 is 1.19 bits per heavy atom. The predicted molar refractivity (Wildman–Crippen MR) is 99.7 cm³/mol. The molecule has 3 rings (SSSR count). The van der Waals surface area contributed by atoms with Crippen LogP contribution in [0.5, 0.6) is 5.75 Å². The van der Waals surface area contributed by atoms with Crippen LogP contribution in [0.25, 0.3) is 0 Å². The summed E-state index contributed by atoms with van der Waals surface area (Å²) in [6, 6.07) is 8.11. The number of ether oxygens (including phenoxy) is 1. The van der Waals surface area contributed by atoms with Gasteiger partial charge in [0, 0.05) is 39.8 Å². The number of nitro groups is 1. The molecule has 0 bridgehead atoms. The molecule has 0 aliphatic carbocycles. The number of benzene rings is 1. The first-order valence-electron chi connectivity index (χ1n) is 8.78. The van der Waals surface area contributed by atoms with E-state index in [1.54, 1.807) is 25.8 Å². The third-order valence-corrected chi connectivity index (χ3v) is 4.80. The number of rotatable bonds is 5. The Morgan fingerprint density at radius 3 is 2.58 bits per heavy atom. The molecule has 0 unspecified atom stereocenters. The summed E-state index contributed by atoms with van der Waals surface area (Å²) in [5.41, 5.74) is 1.82. The van der Waals surface area contributed by atoms with Crippen molar-refractivity contribution in [2.24, 2.45) is 7.05 Å². The molecule has 0 spiro atoms. The quantitative estimate of drug-likeness (QED) is 0.602. The Hall–Kier alpha value is -2.61. The Kier molecular flexibility index (Phi) is 5.41. The second kappa shape index (κ2) is 7.74. The molecule has 8 nitrogen and oxygen atoms in total. The van der Waals surface area contributed by atoms with E-state index in [4.69, 9.17) is 4.74 Å². The van der Waals surface area contributed by atoms with E-state index >= 15 is 0 Å². The molecule has 1 saturated heterocycles. The van der Waals surface area contributed by atoms with Gasteiger partial charge in [-0.05, 0) is 31.0 Å². The molecular formula is C18H25N5O3. The minimum atomic E-state index is -0.322. The highest BCUT2D eigenvalue weighted by atomic mass is 16.6. The molecule has 1 aliphatic heterocycles. The van der Waals surface area contributed by atoms with Crippen molar-refractivity contribution in [3.63, 3.8) is 0 Å². The number of hydrogen-bond acceptors (Lipinski definition) is 6. The number of anilines is 1. The second-order valence-corrected chi connectivity index (χ2v) is 6.60. The highest BCUT2D eigenvalue weighted by Gasteiger charge is 2.29. The van der Waals surface area contributed by atoms with Crippen molar-refractivity contribution in [1.29, 1.82) is 0 Å². The third kappa shape index (κ3) is 3.80. The summed E-state index contributed by atoms with van der Waals surface area (Å²) < 4.78 is 6.83. The van der Waals surface area contributed by atoms with Crippen molar-refractivity contribution >= 4 is 11.5 Å². The number of aryl methyl sites for hydroxylation is 2. The van der Waals surface area contributed by atoms with Crippen molar-refractivity contribution in [1.82, 2.24) is 14.7 Å². The fourth-order valence-electron chi connectivity index (χ4n) is 3.53. The van der Waals surface area contributed by atoms with Crippen LogP contribution in [0.1, 0.15) is 17.7 Å². The van der Waals surface area contributed by atoms with Gasteiger partial charge in [-0.1, -0.05) is 12.1 Å². The van der Waals surface area contributed by atoms with E-state index in [0.29, 0.717) is 11.5 Å². The zero-order chi connectivity index (χ0) is 18.7. The van der Waals surface area contributed by atoms with Crippen LogP contribution in [0.2, 0.25) is 0 Å². The molecule has 1 aliphatic rings. The molecule has 2 heterocycles. The van der Waals surface area contributed by atoms with E-state index in [0.717, 1.165) is 44.9 Å². The van der Waals surface area contributed by atoms with Crippen molar-refractivity contribution in [2.45, 2.75) is 19.9 Å². The van der Waals surface area contributed by atoms with Crippen LogP contribution in [0.4, 0.5) is 11.5 Å². The molecule has 0 N–H and O–H groups in total. The van der Waals surface area contributed by atoms with Gasteiger partial charge in [0.2, 0.25) is 5.82 Å². The van der Waals surface area contributed by atoms with E-state index in [2.05, 4.69) is 27.0 Å². The van der Waals surface area contributed by atoms with E-state index in [-0.39, 0.29) is 10.6 Å². The monoisotopic (exact) mass is 359 g/mol. The second-order valence-electron chi connectivity index (χ2n) is 6.60. The first-order chi connectivity index (χ1) is 12.5.